The van der Waals surface area contributed by atoms with Gasteiger partial charge in [-0.05, 0) is 12.1 Å². The van der Waals surface area contributed by atoms with Crippen molar-refractivity contribution in [1.29, 1.82) is 0 Å². The number of nitrogens with zero attached hydrogens (tertiary/aromatic N) is 3. The highest BCUT2D eigenvalue weighted by atomic mass is 19.1. The van der Waals surface area contributed by atoms with Crippen LogP contribution >= 0.6 is 0 Å². The van der Waals surface area contributed by atoms with Crippen molar-refractivity contribution in [2.24, 2.45) is 0 Å². The first-order valence-electron chi connectivity index (χ1n) is 5.66. The lowest BCUT2D eigenvalue weighted by Gasteiger charge is -2.20. The van der Waals surface area contributed by atoms with Gasteiger partial charge in [-0.15, -0.1) is 0 Å². The molecule has 1 amide bonds. The number of halogens is 1. The minimum Gasteiger partial charge on any atom is -0.274 e. The fourth-order valence-corrected chi connectivity index (χ4v) is 1.73. The molecule has 1 aromatic heterocycles. The molecule has 0 saturated heterocycles. The molecule has 102 valence electrons. The van der Waals surface area contributed by atoms with Crippen LogP contribution in [0, 0.1) is 15.9 Å². The van der Waals surface area contributed by atoms with E-state index in [0.29, 0.717) is 0 Å². The van der Waals surface area contributed by atoms with E-state index in [1.54, 1.807) is 6.07 Å². The molecule has 1 aromatic carbocycles. The average molecular weight is 275 g/mol. The zero-order valence-corrected chi connectivity index (χ0v) is 10.5. The van der Waals surface area contributed by atoms with Crippen molar-refractivity contribution in [3.8, 4) is 0 Å². The minimum absolute atomic E-state index is 0.00296. The molecule has 0 saturated carbocycles. The summed E-state index contributed by atoms with van der Waals surface area (Å²) in [5.41, 5.74) is -0.231. The third-order valence-electron chi connectivity index (χ3n) is 2.58. The summed E-state index contributed by atoms with van der Waals surface area (Å²) in [5.74, 6) is -1.11. The summed E-state index contributed by atoms with van der Waals surface area (Å²) in [6.45, 7) is 1.23. The zero-order chi connectivity index (χ0) is 14.7. The molecule has 6 nitrogen and oxygen atoms in total. The van der Waals surface area contributed by atoms with Gasteiger partial charge in [0.25, 0.3) is 5.69 Å². The molecule has 0 radical (unpaired) electrons. The first kappa shape index (κ1) is 13.6. The largest absolute Gasteiger partial charge is 0.274 e. The van der Waals surface area contributed by atoms with E-state index in [1.807, 2.05) is 0 Å². The molecule has 7 heteroatoms. The van der Waals surface area contributed by atoms with Gasteiger partial charge < -0.3 is 0 Å². The van der Waals surface area contributed by atoms with E-state index < -0.39 is 16.6 Å². The van der Waals surface area contributed by atoms with Crippen LogP contribution in [-0.2, 0) is 4.79 Å². The SMILES string of the molecule is CC(=O)N(c1cc([N+](=O)[O-])ccn1)c1ccccc1F. The summed E-state index contributed by atoms with van der Waals surface area (Å²) < 4.78 is 13.8. The number of para-hydroxylation sites is 1. The Balaban J connectivity index is 2.55. The van der Waals surface area contributed by atoms with E-state index in [0.717, 1.165) is 11.0 Å². The molecular weight excluding hydrogens is 265 g/mol. The van der Waals surface area contributed by atoms with Gasteiger partial charge in [-0.25, -0.2) is 9.37 Å². The molecule has 20 heavy (non-hydrogen) atoms. The van der Waals surface area contributed by atoms with Crippen LogP contribution in [0.5, 0.6) is 0 Å². The molecule has 0 aliphatic rings. The van der Waals surface area contributed by atoms with E-state index in [2.05, 4.69) is 4.98 Å². The number of pyridine rings is 1. The minimum atomic E-state index is -0.615. The van der Waals surface area contributed by atoms with Gasteiger partial charge in [0.2, 0.25) is 5.91 Å². The topological polar surface area (TPSA) is 76.3 Å². The fourth-order valence-electron chi connectivity index (χ4n) is 1.73. The number of carbonyl (C=O) groups excluding carboxylic acids is 1. The number of amides is 1. The second-order valence-electron chi connectivity index (χ2n) is 3.94. The highest BCUT2D eigenvalue weighted by molar-refractivity contribution is 5.98. The Labute approximate surface area is 113 Å². The van der Waals surface area contributed by atoms with Gasteiger partial charge in [-0.1, -0.05) is 12.1 Å². The Morgan fingerprint density at radius 1 is 1.35 bits per heavy atom. The predicted molar refractivity (Wildman–Crippen MR) is 70.1 cm³/mol. The Morgan fingerprint density at radius 3 is 2.65 bits per heavy atom. The van der Waals surface area contributed by atoms with E-state index in [1.165, 1.54) is 37.4 Å². The Kier molecular flexibility index (Phi) is 3.69. The summed E-state index contributed by atoms with van der Waals surface area (Å²) in [6, 6.07) is 7.96. The van der Waals surface area contributed by atoms with Crippen LogP contribution in [0.4, 0.5) is 21.6 Å². The number of hydrogen-bond acceptors (Lipinski definition) is 4. The molecule has 0 unspecified atom stereocenters. The van der Waals surface area contributed by atoms with Gasteiger partial charge in [-0.2, -0.15) is 0 Å². The van der Waals surface area contributed by atoms with Gasteiger partial charge >= 0.3 is 0 Å². The number of nitro groups is 1. The molecule has 0 aliphatic heterocycles. The maximum Gasteiger partial charge on any atom is 0.274 e. The van der Waals surface area contributed by atoms with E-state index >= 15 is 0 Å². The van der Waals surface area contributed by atoms with E-state index in [-0.39, 0.29) is 17.2 Å². The van der Waals surface area contributed by atoms with Gasteiger partial charge in [-0.3, -0.25) is 19.8 Å². The molecule has 0 atom stereocenters. The van der Waals surface area contributed by atoms with Crippen molar-refractivity contribution in [2.45, 2.75) is 6.92 Å². The quantitative estimate of drug-likeness (QED) is 0.637. The zero-order valence-electron chi connectivity index (χ0n) is 10.5. The Hall–Kier alpha value is -2.83. The second-order valence-corrected chi connectivity index (χ2v) is 3.94. The van der Waals surface area contributed by atoms with Gasteiger partial charge in [0.15, 0.2) is 0 Å². The van der Waals surface area contributed by atoms with Crippen molar-refractivity contribution in [1.82, 2.24) is 4.98 Å². The maximum absolute atomic E-state index is 13.8. The number of benzene rings is 1. The van der Waals surface area contributed by atoms with Gasteiger partial charge in [0.1, 0.15) is 11.6 Å². The van der Waals surface area contributed by atoms with Crippen molar-refractivity contribution in [3.63, 3.8) is 0 Å². The van der Waals surface area contributed by atoms with E-state index in [9.17, 15) is 19.3 Å². The summed E-state index contributed by atoms with van der Waals surface area (Å²) in [7, 11) is 0. The lowest BCUT2D eigenvalue weighted by molar-refractivity contribution is -0.384. The van der Waals surface area contributed by atoms with Crippen molar-refractivity contribution in [2.75, 3.05) is 4.90 Å². The first-order valence-corrected chi connectivity index (χ1v) is 5.66. The monoisotopic (exact) mass is 275 g/mol. The Bertz CT molecular complexity index is 675. The van der Waals surface area contributed by atoms with Crippen molar-refractivity contribution in [3.05, 3.63) is 58.5 Å². The standard InChI is InChI=1S/C13H10FN3O3/c1-9(18)16(12-5-3-2-4-11(12)14)13-8-10(17(19)20)6-7-15-13/h2-8H,1H3. The smallest absolute Gasteiger partial charge is 0.274 e. The Morgan fingerprint density at radius 2 is 2.05 bits per heavy atom. The van der Waals surface area contributed by atoms with Crippen LogP contribution in [0.25, 0.3) is 0 Å². The molecule has 0 aliphatic carbocycles. The molecule has 0 N–H and O–H groups in total. The highest BCUT2D eigenvalue weighted by Crippen LogP contribution is 2.28. The first-order chi connectivity index (χ1) is 9.50. The predicted octanol–water partition coefficient (Wildman–Crippen LogP) is 2.81. The number of rotatable bonds is 3. The third kappa shape index (κ3) is 2.61. The molecular formula is C13H10FN3O3. The number of carbonyl (C=O) groups is 1. The maximum atomic E-state index is 13.8. The summed E-state index contributed by atoms with van der Waals surface area (Å²) >= 11 is 0. The lowest BCUT2D eigenvalue weighted by atomic mass is 10.2. The second kappa shape index (κ2) is 5.43. The highest BCUT2D eigenvalue weighted by Gasteiger charge is 2.20. The molecule has 1 heterocycles. The lowest BCUT2D eigenvalue weighted by Crippen LogP contribution is -2.24. The molecule has 2 rings (SSSR count). The van der Waals surface area contributed by atoms with Crippen LogP contribution in [-0.4, -0.2) is 15.8 Å². The van der Waals surface area contributed by atoms with E-state index in [4.69, 9.17) is 0 Å². The third-order valence-corrected chi connectivity index (χ3v) is 2.58. The number of aromatic nitrogens is 1. The summed E-state index contributed by atoms with van der Waals surface area (Å²) in [5, 5.41) is 10.7. The normalized spacial score (nSPS) is 10.1. The number of anilines is 2. The van der Waals surface area contributed by atoms with Crippen molar-refractivity contribution >= 4 is 23.1 Å². The fraction of sp³-hybridized carbons (Fsp3) is 0.0769. The van der Waals surface area contributed by atoms with Gasteiger partial charge in [0, 0.05) is 19.2 Å². The average Bonchev–Trinajstić information content (AvgIpc) is 2.41. The van der Waals surface area contributed by atoms with Crippen LogP contribution in [0.1, 0.15) is 6.92 Å². The summed E-state index contributed by atoms with van der Waals surface area (Å²) in [6.07, 6.45) is 1.20. The van der Waals surface area contributed by atoms with Crippen LogP contribution in [0.2, 0.25) is 0 Å². The molecule has 2 aromatic rings. The van der Waals surface area contributed by atoms with Crippen LogP contribution in [0.3, 0.4) is 0 Å². The molecule has 0 spiro atoms. The molecule has 0 bridgehead atoms. The number of hydrogen-bond donors (Lipinski definition) is 0. The van der Waals surface area contributed by atoms with Crippen LogP contribution < -0.4 is 4.90 Å². The molecule has 0 fully saturated rings. The van der Waals surface area contributed by atoms with Crippen LogP contribution in [0.15, 0.2) is 42.6 Å². The van der Waals surface area contributed by atoms with Crippen molar-refractivity contribution < 1.29 is 14.1 Å². The van der Waals surface area contributed by atoms with Gasteiger partial charge in [0.05, 0.1) is 16.7 Å². The summed E-state index contributed by atoms with van der Waals surface area (Å²) in [4.78, 5) is 26.8.